The van der Waals surface area contributed by atoms with Crippen LogP contribution < -0.4 is 4.90 Å². The zero-order valence-corrected chi connectivity index (χ0v) is 15.8. The van der Waals surface area contributed by atoms with Crippen molar-refractivity contribution in [3.8, 4) is 6.07 Å². The van der Waals surface area contributed by atoms with E-state index in [9.17, 15) is 24.4 Å². The third-order valence-electron chi connectivity index (χ3n) is 6.01. The van der Waals surface area contributed by atoms with E-state index in [0.29, 0.717) is 22.9 Å². The molecule has 2 aromatic rings. The minimum atomic E-state index is -0.995. The Morgan fingerprint density at radius 3 is 2.67 bits per heavy atom. The number of likely N-dealkylation sites (tertiary alicyclic amines) is 1. The number of benzene rings is 1. The quantitative estimate of drug-likeness (QED) is 0.382. The number of aromatic nitrogens is 1. The Morgan fingerprint density at radius 1 is 1.23 bits per heavy atom. The molecule has 0 N–H and O–H groups in total. The maximum Gasteiger partial charge on any atom is 0.396 e. The summed E-state index contributed by atoms with van der Waals surface area (Å²) in [6, 6.07) is 6.65. The van der Waals surface area contributed by atoms with Gasteiger partial charge in [0.25, 0.3) is 5.91 Å². The maximum absolute atomic E-state index is 13.3. The number of esters is 1. The van der Waals surface area contributed by atoms with Gasteiger partial charge >= 0.3 is 17.9 Å². The molecule has 1 aromatic heterocycles. The highest BCUT2D eigenvalue weighted by Gasteiger charge is 2.63. The Labute approximate surface area is 170 Å². The van der Waals surface area contributed by atoms with Crippen LogP contribution in [0.4, 0.5) is 10.5 Å². The van der Waals surface area contributed by atoms with Crippen LogP contribution in [0.3, 0.4) is 0 Å². The summed E-state index contributed by atoms with van der Waals surface area (Å²) in [6.07, 6.45) is 1.78. The predicted molar refractivity (Wildman–Crippen MR) is 101 cm³/mol. The molecule has 5 rings (SSSR count). The molecule has 4 heterocycles. The molecule has 4 amide bonds. The molecule has 10 heteroatoms. The second-order valence-corrected chi connectivity index (χ2v) is 7.36. The first-order valence-corrected chi connectivity index (χ1v) is 9.31. The Kier molecular flexibility index (Phi) is 3.76. The van der Waals surface area contributed by atoms with Crippen LogP contribution in [0.5, 0.6) is 0 Å². The first-order chi connectivity index (χ1) is 14.5. The van der Waals surface area contributed by atoms with Gasteiger partial charge in [-0.1, -0.05) is 24.3 Å². The van der Waals surface area contributed by atoms with Gasteiger partial charge in [0.1, 0.15) is 17.8 Å². The van der Waals surface area contributed by atoms with E-state index < -0.39 is 35.9 Å². The highest BCUT2D eigenvalue weighted by molar-refractivity contribution is 6.33. The third-order valence-corrected chi connectivity index (χ3v) is 6.01. The summed E-state index contributed by atoms with van der Waals surface area (Å²) in [4.78, 5) is 58.5. The smallest absolute Gasteiger partial charge is 0.396 e. The Hall–Kier alpha value is -4.00. The van der Waals surface area contributed by atoms with Crippen LogP contribution in [0.2, 0.25) is 0 Å². The number of carbonyl (C=O) groups excluding carboxylic acids is 4. The van der Waals surface area contributed by atoms with E-state index in [0.717, 1.165) is 12.0 Å². The van der Waals surface area contributed by atoms with Crippen molar-refractivity contribution in [3.63, 3.8) is 0 Å². The van der Waals surface area contributed by atoms with Crippen LogP contribution in [0, 0.1) is 11.3 Å². The number of carbonyl (C=O) groups is 4. The van der Waals surface area contributed by atoms with Gasteiger partial charge in [0.15, 0.2) is 0 Å². The minimum Gasteiger partial charge on any atom is -0.462 e. The summed E-state index contributed by atoms with van der Waals surface area (Å²) in [5, 5.41) is 10.4. The highest BCUT2D eigenvalue weighted by Crippen LogP contribution is 2.43. The number of hydrogen-bond acceptors (Lipinski definition) is 7. The van der Waals surface area contributed by atoms with Crippen LogP contribution in [0.1, 0.15) is 12.1 Å². The van der Waals surface area contributed by atoms with Crippen LogP contribution in [-0.4, -0.2) is 70.4 Å². The fraction of sp³-hybridized carbons (Fsp3) is 0.300. The summed E-state index contributed by atoms with van der Waals surface area (Å²) >= 11 is 0. The molecule has 3 aliphatic heterocycles. The van der Waals surface area contributed by atoms with E-state index in [4.69, 9.17) is 0 Å². The van der Waals surface area contributed by atoms with E-state index in [1.165, 1.54) is 16.0 Å². The van der Waals surface area contributed by atoms with Gasteiger partial charge in [0.05, 0.1) is 31.1 Å². The van der Waals surface area contributed by atoms with Gasteiger partial charge in [0.2, 0.25) is 0 Å². The van der Waals surface area contributed by atoms with Crippen molar-refractivity contribution in [2.24, 2.45) is 0 Å². The summed E-state index contributed by atoms with van der Waals surface area (Å²) in [6.45, 7) is 0.175. The number of nitrogens with zero attached hydrogens (tertiary/aromatic N) is 5. The number of hydrogen-bond donors (Lipinski definition) is 0. The molecule has 10 nitrogen and oxygen atoms in total. The minimum absolute atomic E-state index is 0.175. The van der Waals surface area contributed by atoms with Crippen molar-refractivity contribution >= 4 is 40.3 Å². The second-order valence-electron chi connectivity index (χ2n) is 7.36. The summed E-state index contributed by atoms with van der Waals surface area (Å²) in [5.74, 6) is -2.29. The molecule has 2 bridgehead atoms. The number of rotatable bonds is 1. The van der Waals surface area contributed by atoms with Crippen LogP contribution in [0.25, 0.3) is 10.8 Å². The van der Waals surface area contributed by atoms with E-state index in [1.54, 1.807) is 24.3 Å². The van der Waals surface area contributed by atoms with Crippen molar-refractivity contribution in [3.05, 3.63) is 36.2 Å². The first kappa shape index (κ1) is 18.1. The van der Waals surface area contributed by atoms with Gasteiger partial charge in [-0.2, -0.15) is 5.26 Å². The van der Waals surface area contributed by atoms with Crippen molar-refractivity contribution in [1.82, 2.24) is 14.8 Å². The molecule has 0 spiro atoms. The second kappa shape index (κ2) is 6.25. The topological polar surface area (TPSA) is 124 Å². The SMILES string of the molecule is COC(=O)C(=O)N1CC2CC1[C@@H]1C(=O)N(c3cnc(C#N)c4ccccc34)C(=O)N21. The molecule has 0 radical (unpaired) electrons. The van der Waals surface area contributed by atoms with Gasteiger partial charge < -0.3 is 14.5 Å². The summed E-state index contributed by atoms with van der Waals surface area (Å²) in [5.41, 5.74) is 0.489. The fourth-order valence-corrected chi connectivity index (χ4v) is 4.76. The number of ether oxygens (including phenoxy) is 1. The molecule has 30 heavy (non-hydrogen) atoms. The molecule has 2 unspecified atom stereocenters. The highest BCUT2D eigenvalue weighted by atomic mass is 16.5. The van der Waals surface area contributed by atoms with Crippen molar-refractivity contribution in [1.29, 1.82) is 5.26 Å². The molecule has 3 saturated heterocycles. The lowest BCUT2D eigenvalue weighted by atomic mass is 10.1. The van der Waals surface area contributed by atoms with Crippen LogP contribution in [0.15, 0.2) is 30.5 Å². The number of nitriles is 1. The summed E-state index contributed by atoms with van der Waals surface area (Å²) in [7, 11) is 1.12. The lowest BCUT2D eigenvalue weighted by molar-refractivity contribution is -0.160. The number of urea groups is 1. The lowest BCUT2D eigenvalue weighted by Crippen LogP contribution is -2.56. The lowest BCUT2D eigenvalue weighted by Gasteiger charge is -2.34. The number of fused-ring (bicyclic) bond motifs is 6. The van der Waals surface area contributed by atoms with Crippen LogP contribution in [-0.2, 0) is 19.1 Å². The van der Waals surface area contributed by atoms with Crippen molar-refractivity contribution in [2.45, 2.75) is 24.5 Å². The summed E-state index contributed by atoms with van der Waals surface area (Å²) < 4.78 is 4.51. The largest absolute Gasteiger partial charge is 0.462 e. The number of imide groups is 1. The van der Waals surface area contributed by atoms with E-state index in [1.807, 2.05) is 6.07 Å². The molecule has 3 atom stereocenters. The number of pyridine rings is 1. The van der Waals surface area contributed by atoms with Gasteiger partial charge in [0, 0.05) is 17.3 Å². The van der Waals surface area contributed by atoms with Crippen molar-refractivity contribution < 1.29 is 23.9 Å². The molecule has 3 fully saturated rings. The molecule has 3 aliphatic rings. The zero-order valence-electron chi connectivity index (χ0n) is 15.8. The van der Waals surface area contributed by atoms with Crippen molar-refractivity contribution in [2.75, 3.05) is 18.6 Å². The van der Waals surface area contributed by atoms with E-state index in [2.05, 4.69) is 9.72 Å². The normalized spacial score (nSPS) is 24.4. The number of piperazine rings is 1. The number of methoxy groups -OCH3 is 1. The number of anilines is 1. The van der Waals surface area contributed by atoms with Gasteiger partial charge in [-0.3, -0.25) is 9.59 Å². The number of amides is 4. The molecule has 150 valence electrons. The Bertz CT molecular complexity index is 1190. The zero-order chi connectivity index (χ0) is 21.2. The van der Waals surface area contributed by atoms with Gasteiger partial charge in [-0.05, 0) is 6.42 Å². The van der Waals surface area contributed by atoms with Gasteiger partial charge in [-0.25, -0.2) is 19.5 Å². The maximum atomic E-state index is 13.3. The average molecular weight is 405 g/mol. The fourth-order valence-electron chi connectivity index (χ4n) is 4.76. The molecular weight excluding hydrogens is 390 g/mol. The predicted octanol–water partition coefficient (Wildman–Crippen LogP) is 0.400. The van der Waals surface area contributed by atoms with E-state index in [-0.39, 0.29) is 18.3 Å². The molecule has 1 aromatic carbocycles. The molecule has 0 saturated carbocycles. The Morgan fingerprint density at radius 2 is 1.97 bits per heavy atom. The monoisotopic (exact) mass is 405 g/mol. The van der Waals surface area contributed by atoms with Gasteiger partial charge in [-0.15, -0.1) is 0 Å². The third kappa shape index (κ3) is 2.20. The average Bonchev–Trinajstić information content (AvgIpc) is 3.43. The standard InChI is InChI=1S/C20H15N5O5/c1-30-19(28)18(27)23-9-10-6-14(23)16-17(26)25(20(29)24(10)16)15-8-22-13(7-21)11-4-2-3-5-12(11)15/h2-5,8,10,14,16H,6,9H2,1H3/t10?,14?,16-/m1/s1. The molecular formula is C20H15N5O5. The molecule has 0 aliphatic carbocycles. The van der Waals surface area contributed by atoms with E-state index >= 15 is 0 Å². The van der Waals surface area contributed by atoms with Crippen LogP contribution >= 0.6 is 0 Å². The first-order valence-electron chi connectivity index (χ1n) is 9.31. The Balaban J connectivity index is 1.55.